The molecule has 7 heteroatoms. The average Bonchev–Trinajstić information content (AvgIpc) is 1.95. The highest BCUT2D eigenvalue weighted by Gasteiger charge is 2.26. The number of carboxylic acid groups (broad SMARTS) is 1. The second-order valence-corrected chi connectivity index (χ2v) is 3.51. The largest absolute Gasteiger partial charge is 0.480 e. The lowest BCUT2D eigenvalue weighted by Crippen LogP contribution is -2.30. The van der Waals surface area contributed by atoms with Crippen molar-refractivity contribution in [1.82, 2.24) is 0 Å². The van der Waals surface area contributed by atoms with Crippen molar-refractivity contribution < 1.29 is 23.1 Å². The first-order chi connectivity index (χ1) is 5.83. The van der Waals surface area contributed by atoms with Gasteiger partial charge in [-0.2, -0.15) is 24.9 Å². The Kier molecular flexibility index (Phi) is 5.16. The minimum absolute atomic E-state index is 0.0517. The van der Waals surface area contributed by atoms with Gasteiger partial charge < -0.3 is 10.8 Å². The van der Waals surface area contributed by atoms with Crippen molar-refractivity contribution in [2.24, 2.45) is 5.73 Å². The van der Waals surface area contributed by atoms with Gasteiger partial charge in [0.1, 0.15) is 6.04 Å². The third-order valence-electron chi connectivity index (χ3n) is 1.16. The van der Waals surface area contributed by atoms with Crippen LogP contribution in [0.1, 0.15) is 6.42 Å². The Morgan fingerprint density at radius 2 is 2.08 bits per heavy atom. The quantitative estimate of drug-likeness (QED) is 0.676. The van der Waals surface area contributed by atoms with Gasteiger partial charge in [-0.1, -0.05) is 0 Å². The molecule has 0 rings (SSSR count). The number of nitrogens with two attached hydrogens (primary N) is 1. The number of carbonyl (C=O) groups is 1. The van der Waals surface area contributed by atoms with Gasteiger partial charge >= 0.3 is 12.1 Å². The molecule has 0 amide bonds. The van der Waals surface area contributed by atoms with E-state index in [9.17, 15) is 18.0 Å². The van der Waals surface area contributed by atoms with Gasteiger partial charge in [0.25, 0.3) is 0 Å². The zero-order valence-electron chi connectivity index (χ0n) is 6.67. The molecule has 13 heavy (non-hydrogen) atoms. The lowest BCUT2D eigenvalue weighted by atomic mass is 10.2. The van der Waals surface area contributed by atoms with Crippen molar-refractivity contribution in [1.29, 1.82) is 0 Å². The zero-order valence-corrected chi connectivity index (χ0v) is 7.49. The fraction of sp³-hybridized carbons (Fsp3) is 0.833. The lowest BCUT2D eigenvalue weighted by Gasteiger charge is -2.07. The van der Waals surface area contributed by atoms with Crippen LogP contribution in [-0.2, 0) is 4.79 Å². The predicted molar refractivity (Wildman–Crippen MR) is 43.6 cm³/mol. The molecule has 78 valence electrons. The van der Waals surface area contributed by atoms with Crippen LogP contribution in [-0.4, -0.2) is 34.8 Å². The maximum absolute atomic E-state index is 11.6. The van der Waals surface area contributed by atoms with Gasteiger partial charge in [-0.05, 0) is 12.2 Å². The van der Waals surface area contributed by atoms with Crippen LogP contribution in [0.2, 0.25) is 0 Å². The van der Waals surface area contributed by atoms with E-state index in [1.54, 1.807) is 0 Å². The fourth-order valence-corrected chi connectivity index (χ4v) is 1.32. The summed E-state index contributed by atoms with van der Waals surface area (Å²) in [6.45, 7) is 0. The predicted octanol–water partition coefficient (Wildman–Crippen LogP) is 1.08. The summed E-state index contributed by atoms with van der Waals surface area (Å²) < 4.78 is 34.7. The van der Waals surface area contributed by atoms with Gasteiger partial charge in [0.2, 0.25) is 0 Å². The SMILES string of the molecule is N[C@@H](CCSCC(F)(F)F)C(=O)O. The van der Waals surface area contributed by atoms with Crippen molar-refractivity contribution in [2.75, 3.05) is 11.5 Å². The van der Waals surface area contributed by atoms with Crippen molar-refractivity contribution in [3.8, 4) is 0 Å². The summed E-state index contributed by atoms with van der Waals surface area (Å²) in [6.07, 6.45) is -4.14. The summed E-state index contributed by atoms with van der Waals surface area (Å²) in [7, 11) is 0. The molecule has 3 N–H and O–H groups in total. The Balaban J connectivity index is 3.41. The maximum Gasteiger partial charge on any atom is 0.397 e. The molecule has 0 saturated heterocycles. The number of thioether (sulfide) groups is 1. The van der Waals surface area contributed by atoms with Gasteiger partial charge in [-0.25, -0.2) is 0 Å². The van der Waals surface area contributed by atoms with E-state index < -0.39 is 23.9 Å². The van der Waals surface area contributed by atoms with Gasteiger partial charge in [0.15, 0.2) is 0 Å². The Morgan fingerprint density at radius 3 is 2.46 bits per heavy atom. The molecule has 0 spiro atoms. The first kappa shape index (κ1) is 12.6. The number of alkyl halides is 3. The molecular formula is C6H10F3NO2S. The van der Waals surface area contributed by atoms with Crippen LogP contribution >= 0.6 is 11.8 Å². The molecule has 0 unspecified atom stereocenters. The second-order valence-electron chi connectivity index (χ2n) is 2.40. The van der Waals surface area contributed by atoms with E-state index in [0.717, 1.165) is 0 Å². The monoisotopic (exact) mass is 217 g/mol. The molecule has 0 fully saturated rings. The zero-order chi connectivity index (χ0) is 10.5. The van der Waals surface area contributed by atoms with Crippen molar-refractivity contribution in [2.45, 2.75) is 18.6 Å². The maximum atomic E-state index is 11.6. The van der Waals surface area contributed by atoms with E-state index in [4.69, 9.17) is 10.8 Å². The second kappa shape index (κ2) is 5.33. The molecule has 0 heterocycles. The standard InChI is InChI=1S/C6H10F3NO2S/c7-6(8,9)3-13-2-1-4(10)5(11)12/h4H,1-3,10H2,(H,11,12)/t4-/m0/s1. The summed E-state index contributed by atoms with van der Waals surface area (Å²) in [5.74, 6) is -2.04. The molecule has 0 aromatic rings. The van der Waals surface area contributed by atoms with E-state index in [2.05, 4.69) is 0 Å². The third kappa shape index (κ3) is 7.92. The molecule has 0 bridgehead atoms. The molecule has 0 aromatic carbocycles. The molecular weight excluding hydrogens is 207 g/mol. The molecule has 3 nitrogen and oxygen atoms in total. The van der Waals surface area contributed by atoms with Crippen LogP contribution in [0.15, 0.2) is 0 Å². The van der Waals surface area contributed by atoms with Crippen molar-refractivity contribution in [3.63, 3.8) is 0 Å². The average molecular weight is 217 g/mol. The Hall–Kier alpha value is -0.430. The summed E-state index contributed by atoms with van der Waals surface area (Å²) in [6, 6.07) is -1.07. The van der Waals surface area contributed by atoms with E-state index in [-0.39, 0.29) is 12.2 Å². The number of hydrogen-bond acceptors (Lipinski definition) is 3. The van der Waals surface area contributed by atoms with E-state index >= 15 is 0 Å². The highest BCUT2D eigenvalue weighted by atomic mass is 32.2. The number of halogens is 3. The summed E-state index contributed by atoms with van der Waals surface area (Å²) >= 11 is 0.638. The molecule has 0 aliphatic carbocycles. The molecule has 1 atom stereocenters. The number of rotatable bonds is 5. The molecule has 0 saturated carbocycles. The summed E-state index contributed by atoms with van der Waals surface area (Å²) in [5.41, 5.74) is 5.07. The van der Waals surface area contributed by atoms with E-state index in [1.165, 1.54) is 0 Å². The van der Waals surface area contributed by atoms with Crippen LogP contribution in [0.3, 0.4) is 0 Å². The highest BCUT2D eigenvalue weighted by molar-refractivity contribution is 7.99. The summed E-state index contributed by atoms with van der Waals surface area (Å²) in [5, 5.41) is 8.28. The van der Waals surface area contributed by atoms with Gasteiger partial charge in [0.05, 0.1) is 5.75 Å². The van der Waals surface area contributed by atoms with E-state index in [0.29, 0.717) is 11.8 Å². The van der Waals surface area contributed by atoms with Crippen molar-refractivity contribution >= 4 is 17.7 Å². The van der Waals surface area contributed by atoms with Crippen LogP contribution in [0.5, 0.6) is 0 Å². The lowest BCUT2D eigenvalue weighted by molar-refractivity contribution is -0.138. The molecule has 0 aromatic heterocycles. The Morgan fingerprint density at radius 1 is 1.54 bits per heavy atom. The van der Waals surface area contributed by atoms with Crippen molar-refractivity contribution in [3.05, 3.63) is 0 Å². The number of aliphatic carboxylic acids is 1. The topological polar surface area (TPSA) is 63.3 Å². The summed E-state index contributed by atoms with van der Waals surface area (Å²) in [4.78, 5) is 10.1. The fourth-order valence-electron chi connectivity index (χ4n) is 0.522. The molecule has 0 aliphatic heterocycles. The van der Waals surface area contributed by atoms with Crippen LogP contribution in [0, 0.1) is 0 Å². The van der Waals surface area contributed by atoms with Crippen LogP contribution in [0.25, 0.3) is 0 Å². The smallest absolute Gasteiger partial charge is 0.397 e. The third-order valence-corrected chi connectivity index (χ3v) is 2.21. The first-order valence-corrected chi connectivity index (χ1v) is 4.61. The normalized spacial score (nSPS) is 14.2. The van der Waals surface area contributed by atoms with Crippen LogP contribution in [0.4, 0.5) is 13.2 Å². The first-order valence-electron chi connectivity index (χ1n) is 3.46. The Labute approximate surface area is 77.5 Å². The molecule has 0 radical (unpaired) electrons. The minimum Gasteiger partial charge on any atom is -0.480 e. The van der Waals surface area contributed by atoms with Crippen LogP contribution < -0.4 is 5.73 Å². The van der Waals surface area contributed by atoms with Gasteiger partial charge in [-0.15, -0.1) is 0 Å². The van der Waals surface area contributed by atoms with E-state index in [1.807, 2.05) is 0 Å². The van der Waals surface area contributed by atoms with Gasteiger partial charge in [-0.3, -0.25) is 4.79 Å². The minimum atomic E-state index is -4.20. The number of hydrogen-bond donors (Lipinski definition) is 2. The highest BCUT2D eigenvalue weighted by Crippen LogP contribution is 2.21. The molecule has 0 aliphatic rings. The number of carboxylic acids is 1. The van der Waals surface area contributed by atoms with Gasteiger partial charge in [0, 0.05) is 0 Å². The Bertz CT molecular complexity index is 174.